The Morgan fingerprint density at radius 3 is 3.00 bits per heavy atom. The van der Waals surface area contributed by atoms with Crippen LogP contribution in [-0.2, 0) is 4.74 Å². The Hall–Kier alpha value is -0.120. The average Bonchev–Trinajstić information content (AvgIpc) is 2.15. The number of hydrogen-bond donors (Lipinski definition) is 1. The molecule has 1 rings (SSSR count). The van der Waals surface area contributed by atoms with E-state index in [2.05, 4.69) is 4.90 Å². The summed E-state index contributed by atoms with van der Waals surface area (Å²) in [4.78, 5) is 2.35. The van der Waals surface area contributed by atoms with Crippen molar-refractivity contribution in [3.63, 3.8) is 0 Å². The summed E-state index contributed by atoms with van der Waals surface area (Å²) in [5, 5.41) is 0. The van der Waals surface area contributed by atoms with Gasteiger partial charge in [0.25, 0.3) is 0 Å². The fourth-order valence-electron chi connectivity index (χ4n) is 1.71. The predicted molar refractivity (Wildman–Crippen MR) is 49.9 cm³/mol. The molecule has 1 aliphatic heterocycles. The Bertz CT molecular complexity index is 119. The van der Waals surface area contributed by atoms with Crippen LogP contribution in [0.15, 0.2) is 0 Å². The van der Waals surface area contributed by atoms with Crippen LogP contribution in [-0.4, -0.2) is 37.4 Å². The van der Waals surface area contributed by atoms with E-state index >= 15 is 0 Å². The van der Waals surface area contributed by atoms with Gasteiger partial charge in [0, 0.05) is 25.7 Å². The minimum Gasteiger partial charge on any atom is -0.366 e. The lowest BCUT2D eigenvalue weighted by atomic mass is 10.0. The molecule has 0 spiro atoms. The van der Waals surface area contributed by atoms with Gasteiger partial charge in [-0.25, -0.2) is 0 Å². The van der Waals surface area contributed by atoms with Crippen molar-refractivity contribution < 1.29 is 4.74 Å². The normalized spacial score (nSPS) is 26.0. The topological polar surface area (TPSA) is 38.5 Å². The van der Waals surface area contributed by atoms with Crippen LogP contribution in [0.2, 0.25) is 0 Å². The van der Waals surface area contributed by atoms with Crippen molar-refractivity contribution in [1.29, 1.82) is 0 Å². The number of piperidine rings is 1. The molecule has 0 saturated carbocycles. The molecule has 1 aliphatic rings. The van der Waals surface area contributed by atoms with Gasteiger partial charge < -0.3 is 10.5 Å². The summed E-state index contributed by atoms with van der Waals surface area (Å²) >= 11 is 0. The Balaban J connectivity index is 2.26. The SMILES string of the molecule is CCOCN1CCCCC1CN. The fraction of sp³-hybridized carbons (Fsp3) is 1.00. The van der Waals surface area contributed by atoms with Crippen molar-refractivity contribution in [3.05, 3.63) is 0 Å². The zero-order valence-electron chi connectivity index (χ0n) is 7.96. The molecule has 0 radical (unpaired) electrons. The molecule has 3 nitrogen and oxygen atoms in total. The summed E-state index contributed by atoms with van der Waals surface area (Å²) in [6.07, 6.45) is 3.86. The van der Waals surface area contributed by atoms with Gasteiger partial charge in [0.15, 0.2) is 0 Å². The second-order valence-corrected chi connectivity index (χ2v) is 3.32. The molecular formula is C9H20N2O. The number of rotatable bonds is 4. The van der Waals surface area contributed by atoms with Crippen molar-refractivity contribution in [2.75, 3.05) is 26.4 Å². The van der Waals surface area contributed by atoms with Crippen LogP contribution in [0.3, 0.4) is 0 Å². The highest BCUT2D eigenvalue weighted by atomic mass is 16.5. The lowest BCUT2D eigenvalue weighted by molar-refractivity contribution is -0.00209. The third kappa shape index (κ3) is 2.73. The zero-order valence-corrected chi connectivity index (χ0v) is 7.96. The molecule has 1 heterocycles. The van der Waals surface area contributed by atoms with Crippen LogP contribution >= 0.6 is 0 Å². The Morgan fingerprint density at radius 2 is 2.33 bits per heavy atom. The number of likely N-dealkylation sites (tertiary alicyclic amines) is 1. The van der Waals surface area contributed by atoms with E-state index in [9.17, 15) is 0 Å². The number of ether oxygens (including phenoxy) is 1. The molecule has 12 heavy (non-hydrogen) atoms. The quantitative estimate of drug-likeness (QED) is 0.681. The first-order valence-electron chi connectivity index (χ1n) is 4.90. The molecule has 2 N–H and O–H groups in total. The van der Waals surface area contributed by atoms with E-state index in [4.69, 9.17) is 10.5 Å². The van der Waals surface area contributed by atoms with Crippen molar-refractivity contribution in [2.24, 2.45) is 5.73 Å². The standard InChI is InChI=1S/C9H20N2O/c1-2-12-8-11-6-4-3-5-9(11)7-10/h9H,2-8,10H2,1H3. The van der Waals surface area contributed by atoms with Crippen molar-refractivity contribution in [3.8, 4) is 0 Å². The summed E-state index contributed by atoms with van der Waals surface area (Å²) < 4.78 is 5.38. The second kappa shape index (κ2) is 5.51. The summed E-state index contributed by atoms with van der Waals surface area (Å²) in [5.74, 6) is 0. The van der Waals surface area contributed by atoms with Crippen molar-refractivity contribution in [1.82, 2.24) is 4.90 Å². The highest BCUT2D eigenvalue weighted by Gasteiger charge is 2.20. The number of hydrogen-bond acceptors (Lipinski definition) is 3. The van der Waals surface area contributed by atoms with E-state index < -0.39 is 0 Å². The largest absolute Gasteiger partial charge is 0.366 e. The molecule has 1 atom stereocenters. The van der Waals surface area contributed by atoms with Gasteiger partial charge in [-0.3, -0.25) is 4.90 Å². The Labute approximate surface area is 74.9 Å². The van der Waals surface area contributed by atoms with E-state index in [1.54, 1.807) is 0 Å². The van der Waals surface area contributed by atoms with E-state index in [-0.39, 0.29) is 0 Å². The molecule has 3 heteroatoms. The number of nitrogens with zero attached hydrogens (tertiary/aromatic N) is 1. The van der Waals surface area contributed by atoms with Crippen molar-refractivity contribution >= 4 is 0 Å². The third-order valence-corrected chi connectivity index (χ3v) is 2.48. The van der Waals surface area contributed by atoms with Crippen LogP contribution in [0.5, 0.6) is 0 Å². The van der Waals surface area contributed by atoms with Gasteiger partial charge in [-0.1, -0.05) is 6.42 Å². The predicted octanol–water partition coefficient (Wildman–Crippen LogP) is 0.794. The first-order valence-corrected chi connectivity index (χ1v) is 4.90. The summed E-state index contributed by atoms with van der Waals surface area (Å²) in [6.45, 7) is 5.52. The molecule has 0 amide bonds. The second-order valence-electron chi connectivity index (χ2n) is 3.32. The van der Waals surface area contributed by atoms with Gasteiger partial charge in [-0.05, 0) is 19.8 Å². The first-order chi connectivity index (χ1) is 5.88. The maximum absolute atomic E-state index is 5.67. The van der Waals surface area contributed by atoms with Crippen LogP contribution in [0, 0.1) is 0 Å². The van der Waals surface area contributed by atoms with Gasteiger partial charge in [-0.15, -0.1) is 0 Å². The van der Waals surface area contributed by atoms with Gasteiger partial charge in [0.2, 0.25) is 0 Å². The first kappa shape index (κ1) is 9.96. The van der Waals surface area contributed by atoms with Crippen molar-refractivity contribution in [2.45, 2.75) is 32.2 Å². The Kier molecular flexibility index (Phi) is 4.58. The molecule has 0 aliphatic carbocycles. The molecule has 0 aromatic carbocycles. The van der Waals surface area contributed by atoms with Crippen LogP contribution < -0.4 is 5.73 Å². The number of nitrogens with two attached hydrogens (primary N) is 1. The van der Waals surface area contributed by atoms with E-state index in [0.717, 1.165) is 26.4 Å². The molecular weight excluding hydrogens is 152 g/mol. The summed E-state index contributed by atoms with van der Waals surface area (Å²) in [6, 6.07) is 0.560. The molecule has 0 aromatic heterocycles. The molecule has 0 bridgehead atoms. The van der Waals surface area contributed by atoms with Crippen LogP contribution in [0.1, 0.15) is 26.2 Å². The van der Waals surface area contributed by atoms with Crippen LogP contribution in [0.4, 0.5) is 0 Å². The fourth-order valence-corrected chi connectivity index (χ4v) is 1.71. The zero-order chi connectivity index (χ0) is 8.81. The smallest absolute Gasteiger partial charge is 0.0992 e. The minimum absolute atomic E-state index is 0.560. The molecule has 1 saturated heterocycles. The maximum Gasteiger partial charge on any atom is 0.0992 e. The Morgan fingerprint density at radius 1 is 1.50 bits per heavy atom. The van der Waals surface area contributed by atoms with E-state index in [1.165, 1.54) is 19.3 Å². The lowest BCUT2D eigenvalue weighted by Crippen LogP contribution is -2.45. The highest BCUT2D eigenvalue weighted by Crippen LogP contribution is 2.15. The summed E-state index contributed by atoms with van der Waals surface area (Å²) in [5.41, 5.74) is 5.67. The van der Waals surface area contributed by atoms with Gasteiger partial charge in [0.05, 0.1) is 6.73 Å². The van der Waals surface area contributed by atoms with E-state index in [1.807, 2.05) is 6.92 Å². The van der Waals surface area contributed by atoms with Gasteiger partial charge >= 0.3 is 0 Å². The van der Waals surface area contributed by atoms with Gasteiger partial charge in [0.1, 0.15) is 0 Å². The molecule has 1 fully saturated rings. The minimum atomic E-state index is 0.560. The maximum atomic E-state index is 5.67. The summed E-state index contributed by atoms with van der Waals surface area (Å²) in [7, 11) is 0. The van der Waals surface area contributed by atoms with Crippen LogP contribution in [0.25, 0.3) is 0 Å². The molecule has 72 valence electrons. The van der Waals surface area contributed by atoms with Gasteiger partial charge in [-0.2, -0.15) is 0 Å². The highest BCUT2D eigenvalue weighted by molar-refractivity contribution is 4.75. The average molecular weight is 172 g/mol. The lowest BCUT2D eigenvalue weighted by Gasteiger charge is -2.34. The van der Waals surface area contributed by atoms with E-state index in [0.29, 0.717) is 6.04 Å². The third-order valence-electron chi connectivity index (χ3n) is 2.48. The monoisotopic (exact) mass is 172 g/mol. The molecule has 0 aromatic rings. The molecule has 1 unspecified atom stereocenters.